The zero-order valence-electron chi connectivity index (χ0n) is 10.0. The number of aromatic nitrogens is 4. The van der Waals surface area contributed by atoms with Gasteiger partial charge in [0.15, 0.2) is 5.78 Å². The summed E-state index contributed by atoms with van der Waals surface area (Å²) in [4.78, 5) is 32.6. The molecular formula is C11H11N5O2. The minimum absolute atomic E-state index is 0.0494. The zero-order valence-corrected chi connectivity index (χ0v) is 10.0. The molecule has 1 fully saturated rings. The number of anilines is 1. The standard InChI is InChI=1S/C11H11N5O2/c1-6-3-7(2)16-10(12-6)13-11(14-16)15-5-8(17)4-9(15)18/h3H,4-5H2,1-2H3. The number of nitrogens with zero attached hydrogens (tertiary/aromatic N) is 5. The number of hydrogen-bond acceptors (Lipinski definition) is 5. The summed E-state index contributed by atoms with van der Waals surface area (Å²) in [7, 11) is 0. The van der Waals surface area contributed by atoms with E-state index in [2.05, 4.69) is 15.1 Å². The van der Waals surface area contributed by atoms with Crippen molar-refractivity contribution in [2.24, 2.45) is 0 Å². The number of hydrogen-bond donors (Lipinski definition) is 0. The van der Waals surface area contributed by atoms with Crippen molar-refractivity contribution in [3.8, 4) is 0 Å². The summed E-state index contributed by atoms with van der Waals surface area (Å²) in [6.07, 6.45) is -0.0685. The molecule has 0 spiro atoms. The van der Waals surface area contributed by atoms with Crippen LogP contribution in [0.5, 0.6) is 0 Å². The highest BCUT2D eigenvalue weighted by atomic mass is 16.2. The van der Waals surface area contributed by atoms with Crippen molar-refractivity contribution in [3.63, 3.8) is 0 Å². The summed E-state index contributed by atoms with van der Waals surface area (Å²) in [5, 5.41) is 4.22. The number of aryl methyl sites for hydroxylation is 2. The monoisotopic (exact) mass is 245 g/mol. The maximum atomic E-state index is 11.6. The fraction of sp³-hybridized carbons (Fsp3) is 0.364. The second-order valence-corrected chi connectivity index (χ2v) is 4.36. The Labute approximate surface area is 102 Å². The van der Waals surface area contributed by atoms with Gasteiger partial charge in [-0.3, -0.25) is 14.5 Å². The van der Waals surface area contributed by atoms with E-state index in [9.17, 15) is 9.59 Å². The number of amides is 1. The number of carbonyl (C=O) groups is 2. The second kappa shape index (κ2) is 3.59. The van der Waals surface area contributed by atoms with Crippen molar-refractivity contribution < 1.29 is 9.59 Å². The Morgan fingerprint density at radius 2 is 2.00 bits per heavy atom. The Balaban J connectivity index is 2.11. The van der Waals surface area contributed by atoms with Gasteiger partial charge in [0.2, 0.25) is 5.91 Å². The lowest BCUT2D eigenvalue weighted by atomic mass is 10.3. The van der Waals surface area contributed by atoms with Crippen molar-refractivity contribution >= 4 is 23.4 Å². The molecule has 0 unspecified atom stereocenters. The van der Waals surface area contributed by atoms with Crippen molar-refractivity contribution in [2.75, 3.05) is 11.4 Å². The lowest BCUT2D eigenvalue weighted by molar-refractivity contribution is -0.121. The van der Waals surface area contributed by atoms with E-state index < -0.39 is 0 Å². The van der Waals surface area contributed by atoms with Crippen LogP contribution in [0.1, 0.15) is 17.8 Å². The van der Waals surface area contributed by atoms with Gasteiger partial charge in [0.05, 0.1) is 13.0 Å². The molecule has 0 aliphatic carbocycles. The second-order valence-electron chi connectivity index (χ2n) is 4.36. The first-order valence-corrected chi connectivity index (χ1v) is 5.57. The van der Waals surface area contributed by atoms with E-state index in [1.807, 2.05) is 19.9 Å². The van der Waals surface area contributed by atoms with Gasteiger partial charge in [0, 0.05) is 11.4 Å². The van der Waals surface area contributed by atoms with Gasteiger partial charge in [-0.2, -0.15) is 9.50 Å². The lowest BCUT2D eigenvalue weighted by Gasteiger charge is -2.07. The fourth-order valence-corrected chi connectivity index (χ4v) is 2.04. The minimum Gasteiger partial charge on any atom is -0.297 e. The molecule has 0 N–H and O–H groups in total. The van der Waals surface area contributed by atoms with Gasteiger partial charge in [-0.15, -0.1) is 5.10 Å². The average molecular weight is 245 g/mol. The van der Waals surface area contributed by atoms with Crippen LogP contribution in [0, 0.1) is 13.8 Å². The third kappa shape index (κ3) is 1.55. The lowest BCUT2D eigenvalue weighted by Crippen LogP contribution is -2.25. The molecule has 18 heavy (non-hydrogen) atoms. The molecule has 3 heterocycles. The summed E-state index contributed by atoms with van der Waals surface area (Å²) in [6, 6.07) is 1.88. The van der Waals surface area contributed by atoms with E-state index in [1.54, 1.807) is 4.52 Å². The molecule has 7 nitrogen and oxygen atoms in total. The van der Waals surface area contributed by atoms with Gasteiger partial charge >= 0.3 is 0 Å². The maximum Gasteiger partial charge on any atom is 0.254 e. The Morgan fingerprint density at radius 1 is 1.22 bits per heavy atom. The Kier molecular flexibility index (Phi) is 2.16. The van der Waals surface area contributed by atoms with E-state index in [1.165, 1.54) is 4.90 Å². The molecular weight excluding hydrogens is 234 g/mol. The third-order valence-corrected chi connectivity index (χ3v) is 2.83. The van der Waals surface area contributed by atoms with Crippen molar-refractivity contribution in [3.05, 3.63) is 17.5 Å². The molecule has 3 rings (SSSR count). The maximum absolute atomic E-state index is 11.6. The van der Waals surface area contributed by atoms with Gasteiger partial charge in [0.25, 0.3) is 11.7 Å². The van der Waals surface area contributed by atoms with Crippen LogP contribution in [0.3, 0.4) is 0 Å². The van der Waals surface area contributed by atoms with Gasteiger partial charge in [0.1, 0.15) is 0 Å². The molecule has 1 aliphatic heterocycles. The molecule has 1 amide bonds. The van der Waals surface area contributed by atoms with Crippen molar-refractivity contribution in [1.82, 2.24) is 19.6 Å². The van der Waals surface area contributed by atoms with E-state index in [0.717, 1.165) is 11.4 Å². The quantitative estimate of drug-likeness (QED) is 0.663. The number of carbonyl (C=O) groups excluding carboxylic acids is 2. The smallest absolute Gasteiger partial charge is 0.254 e. The van der Waals surface area contributed by atoms with Gasteiger partial charge in [-0.25, -0.2) is 4.98 Å². The first kappa shape index (κ1) is 10.8. The van der Waals surface area contributed by atoms with Crippen LogP contribution >= 0.6 is 0 Å². The predicted molar refractivity (Wildman–Crippen MR) is 62.2 cm³/mol. The van der Waals surface area contributed by atoms with Crippen LogP contribution in [0.4, 0.5) is 5.95 Å². The van der Waals surface area contributed by atoms with E-state index >= 15 is 0 Å². The van der Waals surface area contributed by atoms with E-state index in [-0.39, 0.29) is 30.6 Å². The van der Waals surface area contributed by atoms with Crippen molar-refractivity contribution in [1.29, 1.82) is 0 Å². The largest absolute Gasteiger partial charge is 0.297 e. The summed E-state index contributed by atoms with van der Waals surface area (Å²) in [6.45, 7) is 3.80. The summed E-state index contributed by atoms with van der Waals surface area (Å²) >= 11 is 0. The summed E-state index contributed by atoms with van der Waals surface area (Å²) < 4.78 is 1.57. The molecule has 2 aromatic rings. The SMILES string of the molecule is Cc1cc(C)n2nc(N3CC(=O)CC3=O)nc2n1. The number of fused-ring (bicyclic) bond motifs is 1. The molecule has 7 heteroatoms. The van der Waals surface area contributed by atoms with Crippen LogP contribution in [0.15, 0.2) is 6.07 Å². The Hall–Kier alpha value is -2.31. The predicted octanol–water partition coefficient (Wildman–Crippen LogP) is 0.0469. The Bertz CT molecular complexity index is 675. The summed E-state index contributed by atoms with van der Waals surface area (Å²) in [5.74, 6) is 0.312. The molecule has 1 saturated heterocycles. The first-order valence-electron chi connectivity index (χ1n) is 5.57. The van der Waals surface area contributed by atoms with E-state index in [4.69, 9.17) is 0 Å². The third-order valence-electron chi connectivity index (χ3n) is 2.83. The van der Waals surface area contributed by atoms with Crippen LogP contribution in [0.25, 0.3) is 5.78 Å². The van der Waals surface area contributed by atoms with Gasteiger partial charge in [-0.05, 0) is 19.9 Å². The van der Waals surface area contributed by atoms with Gasteiger partial charge in [-0.1, -0.05) is 0 Å². The topological polar surface area (TPSA) is 80.5 Å². The van der Waals surface area contributed by atoms with Crippen LogP contribution in [-0.2, 0) is 9.59 Å². The van der Waals surface area contributed by atoms with Gasteiger partial charge < -0.3 is 0 Å². The van der Waals surface area contributed by atoms with Crippen LogP contribution in [-0.4, -0.2) is 37.8 Å². The van der Waals surface area contributed by atoms with E-state index in [0.29, 0.717) is 5.78 Å². The Morgan fingerprint density at radius 3 is 2.67 bits per heavy atom. The number of rotatable bonds is 1. The first-order chi connectivity index (χ1) is 8.54. The molecule has 1 aliphatic rings. The molecule has 0 atom stereocenters. The van der Waals surface area contributed by atoms with Crippen LogP contribution in [0.2, 0.25) is 0 Å². The minimum atomic E-state index is -0.259. The highest BCUT2D eigenvalue weighted by molar-refractivity contribution is 6.14. The fourth-order valence-electron chi connectivity index (χ4n) is 2.04. The molecule has 0 bridgehead atoms. The molecule has 92 valence electrons. The molecule has 2 aromatic heterocycles. The normalized spacial score (nSPS) is 16.0. The highest BCUT2D eigenvalue weighted by Crippen LogP contribution is 2.16. The van der Waals surface area contributed by atoms with Crippen molar-refractivity contribution in [2.45, 2.75) is 20.3 Å². The number of ketones is 1. The number of Topliss-reactive ketones (excluding diaryl/α,β-unsaturated/α-hetero) is 1. The average Bonchev–Trinajstić information content (AvgIpc) is 2.81. The molecule has 0 saturated carbocycles. The molecule has 0 radical (unpaired) electrons. The van der Waals surface area contributed by atoms with Crippen LogP contribution < -0.4 is 4.90 Å². The molecule has 0 aromatic carbocycles. The highest BCUT2D eigenvalue weighted by Gasteiger charge is 2.31. The zero-order chi connectivity index (χ0) is 12.9. The summed E-state index contributed by atoms with van der Waals surface area (Å²) in [5.41, 5.74) is 1.72.